The molecule has 1 heterocycles. The summed E-state index contributed by atoms with van der Waals surface area (Å²) in [6.07, 6.45) is 3.48. The van der Waals surface area contributed by atoms with E-state index >= 15 is 0 Å². The number of rotatable bonds is 5. The summed E-state index contributed by atoms with van der Waals surface area (Å²) >= 11 is 11.2. The molecule has 0 saturated carbocycles. The zero-order valence-corrected chi connectivity index (χ0v) is 15.2. The van der Waals surface area contributed by atoms with E-state index in [1.165, 1.54) is 24.1 Å². The summed E-state index contributed by atoms with van der Waals surface area (Å²) in [7, 11) is 0. The fourth-order valence-corrected chi connectivity index (χ4v) is 3.37. The highest BCUT2D eigenvalue weighted by Gasteiger charge is 2.15. The van der Waals surface area contributed by atoms with E-state index in [0.717, 1.165) is 36.8 Å². The van der Waals surface area contributed by atoms with Gasteiger partial charge in [0.15, 0.2) is 5.11 Å². The summed E-state index contributed by atoms with van der Waals surface area (Å²) in [6, 6.07) is 16.3. The molecule has 0 fully saturated rings. The second-order valence-electron chi connectivity index (χ2n) is 5.96. The largest absolute Gasteiger partial charge is 0.371 e. The number of fused-ring (bicyclic) bond motifs is 1. The van der Waals surface area contributed by atoms with Gasteiger partial charge in [-0.3, -0.25) is 0 Å². The first-order valence-corrected chi connectivity index (χ1v) is 9.14. The average Bonchev–Trinajstić information content (AvgIpc) is 2.61. The Kier molecular flexibility index (Phi) is 5.94. The van der Waals surface area contributed by atoms with Gasteiger partial charge < -0.3 is 15.5 Å². The van der Waals surface area contributed by atoms with Gasteiger partial charge in [0.2, 0.25) is 0 Å². The molecule has 0 spiro atoms. The Morgan fingerprint density at radius 3 is 2.75 bits per heavy atom. The van der Waals surface area contributed by atoms with E-state index in [1.54, 1.807) is 0 Å². The lowest BCUT2D eigenvalue weighted by atomic mass is 10.0. The maximum Gasteiger partial charge on any atom is 0.170 e. The summed E-state index contributed by atoms with van der Waals surface area (Å²) in [4.78, 5) is 2.48. The van der Waals surface area contributed by atoms with Crippen molar-refractivity contribution in [2.45, 2.75) is 19.3 Å². The van der Waals surface area contributed by atoms with Crippen LogP contribution >= 0.6 is 23.8 Å². The van der Waals surface area contributed by atoms with Crippen LogP contribution in [0.3, 0.4) is 0 Å². The third-order valence-electron chi connectivity index (χ3n) is 4.20. The first-order chi connectivity index (χ1) is 11.7. The number of hydrogen-bond acceptors (Lipinski definition) is 2. The molecule has 126 valence electrons. The molecular formula is C19H22ClN3S. The first-order valence-electron chi connectivity index (χ1n) is 8.35. The molecular weight excluding hydrogens is 338 g/mol. The molecule has 3 nitrogen and oxygen atoms in total. The highest BCUT2D eigenvalue weighted by molar-refractivity contribution is 7.80. The lowest BCUT2D eigenvalue weighted by molar-refractivity contribution is 0.658. The van der Waals surface area contributed by atoms with Crippen LogP contribution in [0.4, 0.5) is 11.4 Å². The van der Waals surface area contributed by atoms with Gasteiger partial charge in [0.25, 0.3) is 0 Å². The monoisotopic (exact) mass is 359 g/mol. The molecule has 0 aliphatic carbocycles. The number of hydrogen-bond donors (Lipinski definition) is 2. The van der Waals surface area contributed by atoms with E-state index in [9.17, 15) is 0 Å². The molecule has 0 bridgehead atoms. The van der Waals surface area contributed by atoms with Crippen LogP contribution in [0.2, 0.25) is 5.02 Å². The minimum absolute atomic E-state index is 0.649. The Hall–Kier alpha value is -1.78. The average molecular weight is 360 g/mol. The van der Waals surface area contributed by atoms with Crippen molar-refractivity contribution < 1.29 is 0 Å². The van der Waals surface area contributed by atoms with Gasteiger partial charge >= 0.3 is 0 Å². The Balaban J connectivity index is 1.41. The van der Waals surface area contributed by atoms with Crippen molar-refractivity contribution in [3.05, 3.63) is 59.1 Å². The van der Waals surface area contributed by atoms with Crippen molar-refractivity contribution in [2.75, 3.05) is 29.9 Å². The van der Waals surface area contributed by atoms with Gasteiger partial charge in [-0.2, -0.15) is 0 Å². The van der Waals surface area contributed by atoms with Crippen molar-refractivity contribution in [1.82, 2.24) is 5.32 Å². The van der Waals surface area contributed by atoms with Gasteiger partial charge in [0.1, 0.15) is 0 Å². The number of halogens is 1. The van der Waals surface area contributed by atoms with E-state index in [2.05, 4.69) is 39.8 Å². The standard InChI is InChI=1S/C19H22ClN3S/c20-16-8-10-17(11-9-16)22-19(24)21-12-4-14-23-13-3-6-15-5-1-2-7-18(15)23/h1-2,5,7-11H,3-4,6,12-14H2,(H2,21,22,24). The second kappa shape index (κ2) is 8.36. The lowest BCUT2D eigenvalue weighted by Gasteiger charge is -2.31. The van der Waals surface area contributed by atoms with Gasteiger partial charge in [-0.25, -0.2) is 0 Å². The fourth-order valence-electron chi connectivity index (χ4n) is 3.02. The van der Waals surface area contributed by atoms with Crippen molar-refractivity contribution in [1.29, 1.82) is 0 Å². The third-order valence-corrected chi connectivity index (χ3v) is 4.70. The molecule has 2 N–H and O–H groups in total. The molecule has 0 saturated heterocycles. The Labute approximate surface area is 154 Å². The number of nitrogens with zero attached hydrogens (tertiary/aromatic N) is 1. The van der Waals surface area contributed by atoms with Crippen LogP contribution in [-0.4, -0.2) is 24.7 Å². The van der Waals surface area contributed by atoms with Crippen LogP contribution in [0, 0.1) is 0 Å². The highest BCUT2D eigenvalue weighted by atomic mass is 35.5. The number of nitrogens with one attached hydrogen (secondary N) is 2. The number of para-hydroxylation sites is 1. The quantitative estimate of drug-likeness (QED) is 0.608. The molecule has 0 aromatic heterocycles. The molecule has 0 atom stereocenters. The van der Waals surface area contributed by atoms with Gasteiger partial charge in [0, 0.05) is 36.0 Å². The smallest absolute Gasteiger partial charge is 0.170 e. The van der Waals surface area contributed by atoms with E-state index in [0.29, 0.717) is 5.11 Å². The molecule has 2 aromatic carbocycles. The highest BCUT2D eigenvalue weighted by Crippen LogP contribution is 2.26. The maximum atomic E-state index is 5.88. The first kappa shape index (κ1) is 17.1. The number of benzene rings is 2. The van der Waals surface area contributed by atoms with E-state index in [-0.39, 0.29) is 0 Å². The molecule has 3 rings (SSSR count). The van der Waals surface area contributed by atoms with Crippen molar-refractivity contribution in [3.8, 4) is 0 Å². The zero-order valence-electron chi connectivity index (χ0n) is 13.6. The number of anilines is 2. The van der Waals surface area contributed by atoms with E-state index < -0.39 is 0 Å². The molecule has 2 aromatic rings. The summed E-state index contributed by atoms with van der Waals surface area (Å²) in [5, 5.41) is 7.81. The maximum absolute atomic E-state index is 5.88. The normalized spacial score (nSPS) is 13.3. The van der Waals surface area contributed by atoms with Gasteiger partial charge in [-0.1, -0.05) is 29.8 Å². The predicted molar refractivity (Wildman–Crippen MR) is 107 cm³/mol. The Morgan fingerprint density at radius 1 is 1.12 bits per heavy atom. The molecule has 0 radical (unpaired) electrons. The molecule has 24 heavy (non-hydrogen) atoms. The predicted octanol–water partition coefficient (Wildman–Crippen LogP) is 4.47. The van der Waals surface area contributed by atoms with E-state index in [1.807, 2.05) is 24.3 Å². The van der Waals surface area contributed by atoms with E-state index in [4.69, 9.17) is 23.8 Å². The topological polar surface area (TPSA) is 27.3 Å². The summed E-state index contributed by atoms with van der Waals surface area (Å²) in [5.74, 6) is 0. The molecule has 0 amide bonds. The fraction of sp³-hybridized carbons (Fsp3) is 0.316. The molecule has 1 aliphatic rings. The summed E-state index contributed by atoms with van der Waals surface area (Å²) < 4.78 is 0. The van der Waals surface area contributed by atoms with Crippen LogP contribution < -0.4 is 15.5 Å². The zero-order chi connectivity index (χ0) is 16.8. The third kappa shape index (κ3) is 4.62. The van der Waals surface area contributed by atoms with Crippen LogP contribution in [0.25, 0.3) is 0 Å². The number of thiocarbonyl (C=S) groups is 1. The summed E-state index contributed by atoms with van der Waals surface area (Å²) in [5.41, 5.74) is 3.81. The van der Waals surface area contributed by atoms with Crippen LogP contribution in [0.15, 0.2) is 48.5 Å². The van der Waals surface area contributed by atoms with Gasteiger partial charge in [-0.15, -0.1) is 0 Å². The SMILES string of the molecule is S=C(NCCCN1CCCc2ccccc21)Nc1ccc(Cl)cc1. The van der Waals surface area contributed by atoms with Crippen LogP contribution in [0.5, 0.6) is 0 Å². The Morgan fingerprint density at radius 2 is 1.92 bits per heavy atom. The number of aryl methyl sites for hydroxylation is 1. The van der Waals surface area contributed by atoms with Crippen molar-refractivity contribution in [2.24, 2.45) is 0 Å². The Bertz CT molecular complexity index is 687. The molecule has 0 unspecified atom stereocenters. The van der Waals surface area contributed by atoms with Crippen LogP contribution in [0.1, 0.15) is 18.4 Å². The van der Waals surface area contributed by atoms with Crippen molar-refractivity contribution in [3.63, 3.8) is 0 Å². The molecule has 1 aliphatic heterocycles. The molecule has 5 heteroatoms. The summed E-state index contributed by atoms with van der Waals surface area (Å²) in [6.45, 7) is 3.05. The van der Waals surface area contributed by atoms with Gasteiger partial charge in [-0.05, 0) is 67.4 Å². The second-order valence-corrected chi connectivity index (χ2v) is 6.81. The van der Waals surface area contributed by atoms with Gasteiger partial charge in [0.05, 0.1) is 0 Å². The minimum atomic E-state index is 0.649. The van der Waals surface area contributed by atoms with Crippen molar-refractivity contribution >= 4 is 40.3 Å². The lowest BCUT2D eigenvalue weighted by Crippen LogP contribution is -2.34. The van der Waals surface area contributed by atoms with Crippen LogP contribution in [-0.2, 0) is 6.42 Å². The minimum Gasteiger partial charge on any atom is -0.371 e.